The van der Waals surface area contributed by atoms with E-state index in [9.17, 15) is 9.59 Å². The van der Waals surface area contributed by atoms with Crippen molar-refractivity contribution in [2.45, 2.75) is 54.4 Å². The summed E-state index contributed by atoms with van der Waals surface area (Å²) in [4.78, 5) is 24.4. The Morgan fingerprint density at radius 2 is 1.23 bits per heavy atom. The van der Waals surface area contributed by atoms with E-state index in [1.54, 1.807) is 18.2 Å². The van der Waals surface area contributed by atoms with Crippen molar-refractivity contribution in [1.29, 1.82) is 0 Å². The number of carbonyl (C=O) groups is 2. The van der Waals surface area contributed by atoms with Gasteiger partial charge in [-0.3, -0.25) is 9.59 Å². The van der Waals surface area contributed by atoms with Crippen molar-refractivity contribution in [3.05, 3.63) is 35.4 Å². The average Bonchev–Trinajstić information content (AvgIpc) is 2.56. The van der Waals surface area contributed by atoms with Crippen LogP contribution in [0.3, 0.4) is 0 Å². The Hall–Kier alpha value is -2.50. The second-order valence-corrected chi connectivity index (χ2v) is 7.35. The molecule has 0 atom stereocenters. The molecule has 0 fully saturated rings. The molecule has 2 amide bonds. The molecule has 0 heterocycles. The van der Waals surface area contributed by atoms with Gasteiger partial charge in [-0.2, -0.15) is 10.2 Å². The normalized spacial score (nSPS) is 12.5. The zero-order valence-electron chi connectivity index (χ0n) is 16.6. The summed E-state index contributed by atoms with van der Waals surface area (Å²) in [5, 5.41) is 8.19. The molecule has 0 aliphatic rings. The molecule has 0 bridgehead atoms. The fourth-order valence-electron chi connectivity index (χ4n) is 2.50. The number of hydrogen-bond acceptors (Lipinski definition) is 4. The second kappa shape index (κ2) is 10.5. The maximum Gasteiger partial charge on any atom is 0.271 e. The molecule has 0 unspecified atom stereocenters. The molecule has 0 aromatic heterocycles. The predicted octanol–water partition coefficient (Wildman–Crippen LogP) is 3.99. The summed E-state index contributed by atoms with van der Waals surface area (Å²) in [6.07, 6.45) is 1.63. The molecule has 1 aromatic carbocycles. The first-order valence-electron chi connectivity index (χ1n) is 8.96. The Morgan fingerprint density at radius 3 is 1.58 bits per heavy atom. The smallest absolute Gasteiger partial charge is 0.267 e. The van der Waals surface area contributed by atoms with Crippen LogP contribution in [0.4, 0.5) is 0 Å². The van der Waals surface area contributed by atoms with Gasteiger partial charge in [-0.05, 0) is 56.7 Å². The van der Waals surface area contributed by atoms with Gasteiger partial charge >= 0.3 is 0 Å². The van der Waals surface area contributed by atoms with E-state index in [0.717, 1.165) is 24.3 Å². The van der Waals surface area contributed by atoms with Gasteiger partial charge in [0, 0.05) is 22.6 Å². The highest BCUT2D eigenvalue weighted by molar-refractivity contribution is 6.00. The molecule has 0 saturated heterocycles. The predicted molar refractivity (Wildman–Crippen MR) is 107 cm³/mol. The largest absolute Gasteiger partial charge is 0.271 e. The minimum absolute atomic E-state index is 0.345. The van der Waals surface area contributed by atoms with Gasteiger partial charge in [-0.15, -0.1) is 0 Å². The monoisotopic (exact) mass is 358 g/mol. The van der Waals surface area contributed by atoms with Crippen LogP contribution in [0.5, 0.6) is 0 Å². The summed E-state index contributed by atoms with van der Waals surface area (Å²) in [6, 6.07) is 6.49. The van der Waals surface area contributed by atoms with Crippen LogP contribution in [0, 0.1) is 11.8 Å². The number of carbonyl (C=O) groups excluding carboxylic acids is 2. The third kappa shape index (κ3) is 8.05. The van der Waals surface area contributed by atoms with E-state index in [2.05, 4.69) is 48.7 Å². The van der Waals surface area contributed by atoms with Crippen LogP contribution in [-0.2, 0) is 0 Å². The zero-order chi connectivity index (χ0) is 19.7. The lowest BCUT2D eigenvalue weighted by Crippen LogP contribution is -2.22. The highest BCUT2D eigenvalue weighted by Crippen LogP contribution is 2.07. The Bertz CT molecular complexity index is 636. The summed E-state index contributed by atoms with van der Waals surface area (Å²) in [6.45, 7) is 12.1. The summed E-state index contributed by atoms with van der Waals surface area (Å²) >= 11 is 0. The molecule has 0 saturated carbocycles. The molecule has 2 N–H and O–H groups in total. The van der Waals surface area contributed by atoms with E-state index in [0.29, 0.717) is 23.0 Å². The SMILES string of the molecule is CC(CC(C)C)=NNC(=O)c1cccc(C(=O)NN=C(C)CC(C)C)c1. The van der Waals surface area contributed by atoms with Gasteiger partial charge in [0.1, 0.15) is 0 Å². The molecule has 6 heteroatoms. The highest BCUT2D eigenvalue weighted by atomic mass is 16.2. The Kier molecular flexibility index (Phi) is 8.68. The molecule has 0 spiro atoms. The molecule has 0 radical (unpaired) electrons. The third-order valence-electron chi connectivity index (χ3n) is 3.49. The van der Waals surface area contributed by atoms with Gasteiger partial charge in [-0.25, -0.2) is 10.9 Å². The number of hydrogen-bond donors (Lipinski definition) is 2. The van der Waals surface area contributed by atoms with Crippen LogP contribution in [-0.4, -0.2) is 23.2 Å². The Labute approximate surface area is 156 Å². The standard InChI is InChI=1S/C20H30N4O2/c1-13(2)10-15(5)21-23-19(25)17-8-7-9-18(12-17)20(26)24-22-16(6)11-14(3)4/h7-9,12-14H,10-11H2,1-6H3,(H,23,25)(H,24,26). The number of amides is 2. The molecular formula is C20H30N4O2. The van der Waals surface area contributed by atoms with Crippen molar-refractivity contribution in [3.8, 4) is 0 Å². The molecule has 1 rings (SSSR count). The van der Waals surface area contributed by atoms with Crippen LogP contribution in [0.25, 0.3) is 0 Å². The lowest BCUT2D eigenvalue weighted by atomic mass is 10.1. The van der Waals surface area contributed by atoms with Crippen molar-refractivity contribution in [1.82, 2.24) is 10.9 Å². The van der Waals surface area contributed by atoms with Crippen molar-refractivity contribution in [2.75, 3.05) is 0 Å². The van der Waals surface area contributed by atoms with E-state index in [4.69, 9.17) is 0 Å². The topological polar surface area (TPSA) is 82.9 Å². The number of rotatable bonds is 8. The fraction of sp³-hybridized carbons (Fsp3) is 0.500. The zero-order valence-corrected chi connectivity index (χ0v) is 16.6. The van der Waals surface area contributed by atoms with E-state index in [1.165, 1.54) is 6.07 Å². The molecular weight excluding hydrogens is 328 g/mol. The Morgan fingerprint density at radius 1 is 0.846 bits per heavy atom. The van der Waals surface area contributed by atoms with Crippen LogP contribution < -0.4 is 10.9 Å². The summed E-state index contributed by atoms with van der Waals surface area (Å²) in [5.41, 5.74) is 7.53. The van der Waals surface area contributed by atoms with Gasteiger partial charge in [0.05, 0.1) is 0 Å². The van der Waals surface area contributed by atoms with Crippen molar-refractivity contribution < 1.29 is 9.59 Å². The summed E-state index contributed by atoms with van der Waals surface area (Å²) in [7, 11) is 0. The molecule has 6 nitrogen and oxygen atoms in total. The Balaban J connectivity index is 2.75. The second-order valence-electron chi connectivity index (χ2n) is 7.35. The summed E-state index contributed by atoms with van der Waals surface area (Å²) < 4.78 is 0. The maximum absolute atomic E-state index is 12.2. The molecule has 26 heavy (non-hydrogen) atoms. The minimum atomic E-state index is -0.345. The molecule has 142 valence electrons. The van der Waals surface area contributed by atoms with Gasteiger partial charge in [0.15, 0.2) is 0 Å². The van der Waals surface area contributed by atoms with Crippen LogP contribution >= 0.6 is 0 Å². The van der Waals surface area contributed by atoms with E-state index >= 15 is 0 Å². The van der Waals surface area contributed by atoms with Crippen LogP contribution in [0.1, 0.15) is 75.1 Å². The number of hydrazone groups is 2. The van der Waals surface area contributed by atoms with E-state index in [1.807, 2.05) is 13.8 Å². The van der Waals surface area contributed by atoms with Crippen molar-refractivity contribution >= 4 is 23.2 Å². The van der Waals surface area contributed by atoms with E-state index < -0.39 is 0 Å². The highest BCUT2D eigenvalue weighted by Gasteiger charge is 2.10. The lowest BCUT2D eigenvalue weighted by Gasteiger charge is -2.07. The first kappa shape index (κ1) is 21.5. The number of benzene rings is 1. The van der Waals surface area contributed by atoms with Gasteiger partial charge < -0.3 is 0 Å². The fourth-order valence-corrected chi connectivity index (χ4v) is 2.50. The first-order valence-corrected chi connectivity index (χ1v) is 8.96. The third-order valence-corrected chi connectivity index (χ3v) is 3.49. The number of nitrogens with one attached hydrogen (secondary N) is 2. The molecule has 0 aliphatic carbocycles. The first-order chi connectivity index (χ1) is 12.2. The average molecular weight is 358 g/mol. The molecule has 0 aliphatic heterocycles. The van der Waals surface area contributed by atoms with Gasteiger partial charge in [0.25, 0.3) is 11.8 Å². The van der Waals surface area contributed by atoms with Crippen LogP contribution in [0.2, 0.25) is 0 Å². The maximum atomic E-state index is 12.2. The lowest BCUT2D eigenvalue weighted by molar-refractivity contribution is 0.0954. The minimum Gasteiger partial charge on any atom is -0.267 e. The van der Waals surface area contributed by atoms with Crippen molar-refractivity contribution in [2.24, 2.45) is 22.0 Å². The quantitative estimate of drug-likeness (QED) is 0.544. The van der Waals surface area contributed by atoms with Crippen LogP contribution in [0.15, 0.2) is 34.5 Å². The van der Waals surface area contributed by atoms with E-state index in [-0.39, 0.29) is 11.8 Å². The summed E-state index contributed by atoms with van der Waals surface area (Å²) in [5.74, 6) is 0.259. The number of nitrogens with zero attached hydrogens (tertiary/aromatic N) is 2. The van der Waals surface area contributed by atoms with Gasteiger partial charge in [-0.1, -0.05) is 33.8 Å². The molecule has 1 aromatic rings. The van der Waals surface area contributed by atoms with Crippen molar-refractivity contribution in [3.63, 3.8) is 0 Å². The van der Waals surface area contributed by atoms with Gasteiger partial charge in [0.2, 0.25) is 0 Å².